The van der Waals surface area contributed by atoms with Crippen molar-refractivity contribution < 1.29 is 13.2 Å². The second-order valence-electron chi connectivity index (χ2n) is 5.05. The Labute approximate surface area is 144 Å². The summed E-state index contributed by atoms with van der Waals surface area (Å²) in [5, 5.41) is 14.2. The Bertz CT molecular complexity index is 912. The lowest BCUT2D eigenvalue weighted by Gasteiger charge is -2.03. The fourth-order valence-electron chi connectivity index (χ4n) is 2.20. The quantitative estimate of drug-likeness (QED) is 0.652. The van der Waals surface area contributed by atoms with Crippen molar-refractivity contribution in [3.8, 4) is 11.3 Å². The summed E-state index contributed by atoms with van der Waals surface area (Å²) < 4.78 is 32.1. The van der Waals surface area contributed by atoms with E-state index in [-0.39, 0.29) is 0 Å². The number of hydrogen-bond acceptors (Lipinski definition) is 8. The van der Waals surface area contributed by atoms with Crippen molar-refractivity contribution in [1.29, 1.82) is 0 Å². The number of halogens is 2. The fourth-order valence-corrected chi connectivity index (χ4v) is 2.90. The highest BCUT2D eigenvalue weighted by Crippen LogP contribution is 2.28. The van der Waals surface area contributed by atoms with Gasteiger partial charge in [-0.3, -0.25) is 5.43 Å². The number of hydrazine groups is 1. The van der Waals surface area contributed by atoms with E-state index in [0.29, 0.717) is 33.8 Å². The normalized spacial score (nSPS) is 16.7. The van der Waals surface area contributed by atoms with E-state index in [2.05, 4.69) is 36.5 Å². The summed E-state index contributed by atoms with van der Waals surface area (Å²) in [5.74, 6) is 0.228. The SMILES string of the molecule is Fc1ccc(-c2ccc(C3N=C(SCc4nn[nH]n4)NN3)o2)cc1F. The van der Waals surface area contributed by atoms with E-state index in [9.17, 15) is 8.78 Å². The summed E-state index contributed by atoms with van der Waals surface area (Å²) in [6.45, 7) is 0. The van der Waals surface area contributed by atoms with E-state index >= 15 is 0 Å². The Hall–Kier alpha value is -2.79. The topological polar surface area (TPSA) is 104 Å². The lowest BCUT2D eigenvalue weighted by molar-refractivity contribution is 0.436. The third-order valence-corrected chi connectivity index (χ3v) is 4.27. The summed E-state index contributed by atoms with van der Waals surface area (Å²) in [7, 11) is 0. The maximum absolute atomic E-state index is 13.3. The van der Waals surface area contributed by atoms with Crippen LogP contribution < -0.4 is 10.9 Å². The zero-order valence-corrected chi connectivity index (χ0v) is 13.3. The highest BCUT2D eigenvalue weighted by atomic mass is 32.2. The highest BCUT2D eigenvalue weighted by Gasteiger charge is 2.22. The minimum absolute atomic E-state index is 0.424. The number of rotatable bonds is 4. The summed E-state index contributed by atoms with van der Waals surface area (Å²) in [6.07, 6.45) is -0.424. The zero-order valence-electron chi connectivity index (χ0n) is 12.5. The van der Waals surface area contributed by atoms with E-state index in [4.69, 9.17) is 4.42 Å². The molecule has 0 amide bonds. The molecule has 0 radical (unpaired) electrons. The molecule has 0 saturated heterocycles. The van der Waals surface area contributed by atoms with Gasteiger partial charge >= 0.3 is 0 Å². The van der Waals surface area contributed by atoms with E-state index in [1.807, 2.05) is 0 Å². The molecule has 1 aliphatic heterocycles. The van der Waals surface area contributed by atoms with Crippen molar-refractivity contribution in [3.05, 3.63) is 53.6 Å². The molecule has 2 aromatic heterocycles. The van der Waals surface area contributed by atoms with Crippen LogP contribution in [0.1, 0.15) is 17.8 Å². The molecule has 1 aliphatic rings. The van der Waals surface area contributed by atoms with E-state index < -0.39 is 17.8 Å². The molecule has 0 spiro atoms. The monoisotopic (exact) mass is 363 g/mol. The second kappa shape index (κ2) is 6.61. The van der Waals surface area contributed by atoms with Gasteiger partial charge in [-0.05, 0) is 30.3 Å². The highest BCUT2D eigenvalue weighted by molar-refractivity contribution is 8.13. The second-order valence-corrected chi connectivity index (χ2v) is 6.02. The van der Waals surface area contributed by atoms with Crippen molar-refractivity contribution in [2.24, 2.45) is 4.99 Å². The molecule has 0 aliphatic carbocycles. The van der Waals surface area contributed by atoms with Gasteiger partial charge in [-0.15, -0.1) is 10.2 Å². The Kier molecular flexibility index (Phi) is 4.15. The van der Waals surface area contributed by atoms with Crippen molar-refractivity contribution in [2.45, 2.75) is 11.9 Å². The van der Waals surface area contributed by atoms with Gasteiger partial charge < -0.3 is 4.42 Å². The first-order chi connectivity index (χ1) is 12.2. The first kappa shape index (κ1) is 15.7. The van der Waals surface area contributed by atoms with Crippen molar-refractivity contribution >= 4 is 16.9 Å². The molecule has 0 bridgehead atoms. The summed E-state index contributed by atoms with van der Waals surface area (Å²) >= 11 is 1.41. The minimum Gasteiger partial charge on any atom is -0.457 e. The average Bonchev–Trinajstić information content (AvgIpc) is 3.36. The van der Waals surface area contributed by atoms with Crippen molar-refractivity contribution in [1.82, 2.24) is 31.5 Å². The number of H-pyrrole nitrogens is 1. The van der Waals surface area contributed by atoms with E-state index in [0.717, 1.165) is 12.1 Å². The van der Waals surface area contributed by atoms with Crippen LogP contribution in [0.25, 0.3) is 11.3 Å². The van der Waals surface area contributed by atoms with Crippen LogP contribution in [0, 0.1) is 11.6 Å². The molecule has 0 fully saturated rings. The van der Waals surface area contributed by atoms with Crippen LogP contribution in [0.5, 0.6) is 0 Å². The molecule has 0 saturated carbocycles. The molecule has 1 atom stereocenters. The van der Waals surface area contributed by atoms with Crippen LogP contribution >= 0.6 is 11.8 Å². The van der Waals surface area contributed by atoms with Gasteiger partial charge in [0.1, 0.15) is 11.5 Å². The smallest absolute Gasteiger partial charge is 0.184 e. The molecule has 11 heteroatoms. The van der Waals surface area contributed by atoms with Crippen LogP contribution in [-0.2, 0) is 5.75 Å². The lowest BCUT2D eigenvalue weighted by Crippen LogP contribution is -2.29. The number of thioether (sulfide) groups is 1. The third-order valence-electron chi connectivity index (χ3n) is 3.39. The largest absolute Gasteiger partial charge is 0.457 e. The average molecular weight is 363 g/mol. The molecule has 3 N–H and O–H groups in total. The number of benzene rings is 1. The van der Waals surface area contributed by atoms with Crippen molar-refractivity contribution in [3.63, 3.8) is 0 Å². The lowest BCUT2D eigenvalue weighted by atomic mass is 10.1. The van der Waals surface area contributed by atoms with Gasteiger partial charge in [0.2, 0.25) is 0 Å². The van der Waals surface area contributed by atoms with Gasteiger partial charge in [0, 0.05) is 5.56 Å². The number of aromatic amines is 1. The third kappa shape index (κ3) is 3.37. The first-order valence-electron chi connectivity index (χ1n) is 7.18. The minimum atomic E-state index is -0.922. The predicted molar refractivity (Wildman–Crippen MR) is 86.0 cm³/mol. The van der Waals surface area contributed by atoms with Gasteiger partial charge in [-0.1, -0.05) is 17.0 Å². The molecule has 3 heterocycles. The number of aliphatic imine (C=N–C) groups is 1. The molecular formula is C14H11F2N7OS. The summed E-state index contributed by atoms with van der Waals surface area (Å²) in [6, 6.07) is 7.02. The first-order valence-corrected chi connectivity index (χ1v) is 8.17. The van der Waals surface area contributed by atoms with Gasteiger partial charge in [-0.25, -0.2) is 19.2 Å². The number of nitrogens with zero attached hydrogens (tertiary/aromatic N) is 4. The van der Waals surface area contributed by atoms with Crippen LogP contribution in [-0.4, -0.2) is 25.8 Å². The van der Waals surface area contributed by atoms with Crippen LogP contribution in [0.4, 0.5) is 8.78 Å². The summed E-state index contributed by atoms with van der Waals surface area (Å²) in [5.41, 5.74) is 6.36. The predicted octanol–water partition coefficient (Wildman–Crippen LogP) is 2.13. The molecule has 25 heavy (non-hydrogen) atoms. The van der Waals surface area contributed by atoms with Crippen LogP contribution in [0.2, 0.25) is 0 Å². The number of aromatic nitrogens is 4. The molecule has 4 rings (SSSR count). The van der Waals surface area contributed by atoms with E-state index in [1.54, 1.807) is 12.1 Å². The Morgan fingerprint density at radius 1 is 1.16 bits per heavy atom. The fraction of sp³-hybridized carbons (Fsp3) is 0.143. The number of amidine groups is 1. The molecule has 1 aromatic carbocycles. The van der Waals surface area contributed by atoms with Crippen LogP contribution in [0.15, 0.2) is 39.7 Å². The number of nitrogens with one attached hydrogen (secondary N) is 3. The van der Waals surface area contributed by atoms with Crippen LogP contribution in [0.3, 0.4) is 0 Å². The van der Waals surface area contributed by atoms with E-state index in [1.165, 1.54) is 17.8 Å². The Morgan fingerprint density at radius 3 is 2.88 bits per heavy atom. The maximum atomic E-state index is 13.3. The molecule has 1 unspecified atom stereocenters. The summed E-state index contributed by atoms with van der Waals surface area (Å²) in [4.78, 5) is 4.44. The van der Waals surface area contributed by atoms with Gasteiger partial charge in [-0.2, -0.15) is 5.21 Å². The number of furan rings is 1. The standard InChI is InChI=1S/C14H11F2N7OS/c15-8-2-1-7(5-9(8)16)10-3-4-11(24-10)13-17-14(21-20-13)25-6-12-18-22-23-19-12/h1-5,13,20H,6H2,(H,17,21)(H,18,19,22,23). The molecule has 128 valence electrons. The zero-order chi connectivity index (χ0) is 17.2. The molecular weight excluding hydrogens is 352 g/mol. The number of hydrogen-bond donors (Lipinski definition) is 3. The van der Waals surface area contributed by atoms with Crippen molar-refractivity contribution in [2.75, 3.05) is 0 Å². The molecule has 8 nitrogen and oxygen atoms in total. The van der Waals surface area contributed by atoms with Gasteiger partial charge in [0.25, 0.3) is 0 Å². The van der Waals surface area contributed by atoms with Gasteiger partial charge in [0.15, 0.2) is 28.8 Å². The number of tetrazole rings is 1. The van der Waals surface area contributed by atoms with Gasteiger partial charge in [0.05, 0.1) is 5.75 Å². The Morgan fingerprint density at radius 2 is 2.08 bits per heavy atom. The molecule has 3 aromatic rings. The Balaban J connectivity index is 1.46. The maximum Gasteiger partial charge on any atom is 0.184 e.